The molecule has 2 aromatic rings. The lowest BCUT2D eigenvalue weighted by molar-refractivity contribution is 0.587. The van der Waals surface area contributed by atoms with E-state index in [2.05, 4.69) is 85.6 Å². The predicted octanol–water partition coefficient (Wildman–Crippen LogP) is 4.21. The van der Waals surface area contributed by atoms with Crippen molar-refractivity contribution in [2.75, 3.05) is 11.4 Å². The van der Waals surface area contributed by atoms with Crippen molar-refractivity contribution in [3.05, 3.63) is 65.7 Å². The van der Waals surface area contributed by atoms with Crippen molar-refractivity contribution >= 4 is 5.69 Å². The number of hydrogen-bond acceptors (Lipinski definition) is 2. The maximum Gasteiger partial charge on any atom is 0.0429 e. The lowest BCUT2D eigenvalue weighted by atomic mass is 10.1. The topological polar surface area (TPSA) is 15.3 Å². The Balaban J connectivity index is 2.17. The summed E-state index contributed by atoms with van der Waals surface area (Å²) in [6.07, 6.45) is 0. The van der Waals surface area contributed by atoms with Crippen LogP contribution >= 0.6 is 0 Å². The van der Waals surface area contributed by atoms with Gasteiger partial charge in [-0.25, -0.2) is 0 Å². The lowest BCUT2D eigenvalue weighted by Gasteiger charge is -2.26. The van der Waals surface area contributed by atoms with E-state index in [1.54, 1.807) is 0 Å². The Morgan fingerprint density at radius 2 is 1.62 bits per heavy atom. The summed E-state index contributed by atoms with van der Waals surface area (Å²) < 4.78 is 0. The Morgan fingerprint density at radius 3 is 2.29 bits per heavy atom. The number of benzene rings is 2. The molecule has 1 N–H and O–H groups in total. The molecule has 0 unspecified atom stereocenters. The Labute approximate surface area is 128 Å². The molecule has 0 aliphatic heterocycles. The molecule has 21 heavy (non-hydrogen) atoms. The molecule has 2 aromatic carbocycles. The number of para-hydroxylation sites is 1. The molecule has 0 aromatic heterocycles. The standard InChI is InChI=1S/C19H26N2/c1-4-21(15-17-10-6-5-7-11-17)19-13-9-8-12-18(19)14-20-16(2)3/h5-13,16,20H,4,14-15H2,1-3H3. The predicted molar refractivity (Wildman–Crippen MR) is 91.6 cm³/mol. The number of nitrogens with zero attached hydrogens (tertiary/aromatic N) is 1. The van der Waals surface area contributed by atoms with Crippen molar-refractivity contribution in [1.82, 2.24) is 5.32 Å². The summed E-state index contributed by atoms with van der Waals surface area (Å²) in [6, 6.07) is 19.9. The van der Waals surface area contributed by atoms with E-state index in [1.165, 1.54) is 16.8 Å². The smallest absolute Gasteiger partial charge is 0.0429 e. The minimum atomic E-state index is 0.502. The first-order valence-electron chi connectivity index (χ1n) is 7.81. The third kappa shape index (κ3) is 4.61. The zero-order valence-electron chi connectivity index (χ0n) is 13.3. The molecular formula is C19H26N2. The van der Waals surface area contributed by atoms with E-state index in [4.69, 9.17) is 0 Å². The summed E-state index contributed by atoms with van der Waals surface area (Å²) in [7, 11) is 0. The summed E-state index contributed by atoms with van der Waals surface area (Å²) in [6.45, 7) is 9.46. The van der Waals surface area contributed by atoms with Crippen LogP contribution in [-0.4, -0.2) is 12.6 Å². The normalized spacial score (nSPS) is 10.9. The SMILES string of the molecule is CCN(Cc1ccccc1)c1ccccc1CNC(C)C. The molecule has 0 radical (unpaired) electrons. The number of hydrogen-bond donors (Lipinski definition) is 1. The van der Waals surface area contributed by atoms with Crippen LogP contribution in [-0.2, 0) is 13.1 Å². The fraction of sp³-hybridized carbons (Fsp3) is 0.368. The molecule has 0 aliphatic rings. The molecule has 112 valence electrons. The van der Waals surface area contributed by atoms with Gasteiger partial charge in [0.1, 0.15) is 0 Å². The molecule has 0 amide bonds. The van der Waals surface area contributed by atoms with Gasteiger partial charge in [-0.2, -0.15) is 0 Å². The van der Waals surface area contributed by atoms with Gasteiger partial charge in [0, 0.05) is 31.4 Å². The molecule has 2 nitrogen and oxygen atoms in total. The Bertz CT molecular complexity index is 534. The van der Waals surface area contributed by atoms with Crippen LogP contribution in [0.1, 0.15) is 31.9 Å². The van der Waals surface area contributed by atoms with E-state index in [0.29, 0.717) is 6.04 Å². The third-order valence-electron chi connectivity index (χ3n) is 3.63. The minimum Gasteiger partial charge on any atom is -0.367 e. The van der Waals surface area contributed by atoms with Gasteiger partial charge >= 0.3 is 0 Å². The van der Waals surface area contributed by atoms with E-state index >= 15 is 0 Å². The second-order valence-electron chi connectivity index (χ2n) is 5.66. The van der Waals surface area contributed by atoms with Gasteiger partial charge in [-0.1, -0.05) is 62.4 Å². The first-order valence-corrected chi connectivity index (χ1v) is 7.81. The molecule has 0 atom stereocenters. The number of anilines is 1. The molecule has 2 rings (SSSR count). The summed E-state index contributed by atoms with van der Waals surface area (Å²) in [4.78, 5) is 2.44. The van der Waals surface area contributed by atoms with Crippen LogP contribution in [0.2, 0.25) is 0 Å². The molecule has 0 spiro atoms. The van der Waals surface area contributed by atoms with Crippen molar-refractivity contribution in [3.8, 4) is 0 Å². The molecule has 0 bridgehead atoms. The molecule has 0 saturated carbocycles. The highest BCUT2D eigenvalue weighted by molar-refractivity contribution is 5.54. The van der Waals surface area contributed by atoms with Gasteiger partial charge < -0.3 is 10.2 Å². The number of nitrogens with one attached hydrogen (secondary N) is 1. The molecule has 0 fully saturated rings. The van der Waals surface area contributed by atoms with Gasteiger partial charge in [0.2, 0.25) is 0 Å². The van der Waals surface area contributed by atoms with Gasteiger partial charge in [0.15, 0.2) is 0 Å². The van der Waals surface area contributed by atoms with Gasteiger partial charge in [-0.15, -0.1) is 0 Å². The summed E-state index contributed by atoms with van der Waals surface area (Å²) in [5.41, 5.74) is 4.05. The fourth-order valence-electron chi connectivity index (χ4n) is 2.45. The number of rotatable bonds is 7. The van der Waals surface area contributed by atoms with Crippen LogP contribution in [0.15, 0.2) is 54.6 Å². The summed E-state index contributed by atoms with van der Waals surface area (Å²) in [5, 5.41) is 3.52. The second kappa shape index (κ2) is 7.84. The molecule has 2 heteroatoms. The Hall–Kier alpha value is -1.80. The largest absolute Gasteiger partial charge is 0.367 e. The second-order valence-corrected chi connectivity index (χ2v) is 5.66. The van der Waals surface area contributed by atoms with Crippen molar-refractivity contribution in [2.45, 2.75) is 39.9 Å². The zero-order valence-corrected chi connectivity index (χ0v) is 13.3. The van der Waals surface area contributed by atoms with Crippen LogP contribution in [0.5, 0.6) is 0 Å². The summed E-state index contributed by atoms with van der Waals surface area (Å²) in [5.74, 6) is 0. The quantitative estimate of drug-likeness (QED) is 0.818. The van der Waals surface area contributed by atoms with E-state index in [0.717, 1.165) is 19.6 Å². The van der Waals surface area contributed by atoms with Gasteiger partial charge in [0.05, 0.1) is 0 Å². The lowest BCUT2D eigenvalue weighted by Crippen LogP contribution is -2.26. The Morgan fingerprint density at radius 1 is 0.952 bits per heavy atom. The van der Waals surface area contributed by atoms with Gasteiger partial charge in [0.25, 0.3) is 0 Å². The molecule has 0 heterocycles. The zero-order chi connectivity index (χ0) is 15.1. The minimum absolute atomic E-state index is 0.502. The van der Waals surface area contributed by atoms with Crippen LogP contribution in [0.25, 0.3) is 0 Å². The average Bonchev–Trinajstić information content (AvgIpc) is 2.52. The maximum atomic E-state index is 3.52. The first kappa shape index (κ1) is 15.6. The van der Waals surface area contributed by atoms with E-state index in [-0.39, 0.29) is 0 Å². The van der Waals surface area contributed by atoms with Crippen molar-refractivity contribution in [3.63, 3.8) is 0 Å². The van der Waals surface area contributed by atoms with E-state index in [1.807, 2.05) is 0 Å². The molecule has 0 saturated heterocycles. The van der Waals surface area contributed by atoms with Gasteiger partial charge in [-0.3, -0.25) is 0 Å². The Kier molecular flexibility index (Phi) is 5.82. The molecular weight excluding hydrogens is 256 g/mol. The highest BCUT2D eigenvalue weighted by Crippen LogP contribution is 2.22. The fourth-order valence-corrected chi connectivity index (χ4v) is 2.45. The molecule has 0 aliphatic carbocycles. The van der Waals surface area contributed by atoms with E-state index < -0.39 is 0 Å². The van der Waals surface area contributed by atoms with Crippen molar-refractivity contribution in [2.24, 2.45) is 0 Å². The van der Waals surface area contributed by atoms with Crippen molar-refractivity contribution in [1.29, 1.82) is 0 Å². The highest BCUT2D eigenvalue weighted by atomic mass is 15.1. The van der Waals surface area contributed by atoms with Crippen LogP contribution < -0.4 is 10.2 Å². The third-order valence-corrected chi connectivity index (χ3v) is 3.63. The van der Waals surface area contributed by atoms with Crippen LogP contribution in [0.3, 0.4) is 0 Å². The first-order chi connectivity index (χ1) is 10.2. The van der Waals surface area contributed by atoms with Crippen molar-refractivity contribution < 1.29 is 0 Å². The van der Waals surface area contributed by atoms with Crippen LogP contribution in [0, 0.1) is 0 Å². The van der Waals surface area contributed by atoms with E-state index in [9.17, 15) is 0 Å². The average molecular weight is 282 g/mol. The monoisotopic (exact) mass is 282 g/mol. The van der Waals surface area contributed by atoms with Gasteiger partial charge in [-0.05, 0) is 24.1 Å². The maximum absolute atomic E-state index is 3.52. The van der Waals surface area contributed by atoms with Crippen LogP contribution in [0.4, 0.5) is 5.69 Å². The highest BCUT2D eigenvalue weighted by Gasteiger charge is 2.10. The summed E-state index contributed by atoms with van der Waals surface area (Å²) >= 11 is 0.